The second kappa shape index (κ2) is 7.63. The van der Waals surface area contributed by atoms with Crippen LogP contribution >= 0.6 is 0 Å². The molecule has 1 aliphatic carbocycles. The molecule has 2 atom stereocenters. The average Bonchev–Trinajstić information content (AvgIpc) is 3.42. The Hall–Kier alpha value is -3.08. The first kappa shape index (κ1) is 20.2. The van der Waals surface area contributed by atoms with Crippen molar-refractivity contribution in [3.05, 3.63) is 83.1 Å². The predicted octanol–water partition coefficient (Wildman–Crippen LogP) is 5.22. The van der Waals surface area contributed by atoms with E-state index in [1.165, 1.54) is 17.4 Å². The molecule has 2 heterocycles. The van der Waals surface area contributed by atoms with Crippen molar-refractivity contribution in [1.29, 1.82) is 0 Å². The van der Waals surface area contributed by atoms with Gasteiger partial charge in [0.1, 0.15) is 0 Å². The van der Waals surface area contributed by atoms with Crippen molar-refractivity contribution in [3.8, 4) is 5.69 Å². The van der Waals surface area contributed by atoms with Gasteiger partial charge < -0.3 is 9.73 Å². The number of hydrogen-bond donors (Lipinski definition) is 1. The van der Waals surface area contributed by atoms with Crippen LogP contribution in [0, 0.1) is 13.8 Å². The van der Waals surface area contributed by atoms with E-state index in [0.717, 1.165) is 23.5 Å². The van der Waals surface area contributed by atoms with Gasteiger partial charge in [-0.2, -0.15) is 5.10 Å². The monoisotopic (exact) mass is 403 g/mol. The van der Waals surface area contributed by atoms with Crippen molar-refractivity contribution < 1.29 is 9.21 Å². The lowest BCUT2D eigenvalue weighted by atomic mass is 9.87. The lowest BCUT2D eigenvalue weighted by molar-refractivity contribution is 0.0916. The number of carbonyl (C=O) groups excluding carboxylic acids is 1. The fourth-order valence-corrected chi connectivity index (χ4v) is 4.21. The largest absolute Gasteiger partial charge is 0.459 e. The summed E-state index contributed by atoms with van der Waals surface area (Å²) in [5.74, 6) is 0.388. The second-order valence-corrected chi connectivity index (χ2v) is 9.08. The van der Waals surface area contributed by atoms with Crippen molar-refractivity contribution >= 4 is 5.91 Å². The van der Waals surface area contributed by atoms with Gasteiger partial charge in [0.05, 0.1) is 17.6 Å². The Labute approximate surface area is 177 Å². The molecule has 1 N–H and O–H groups in total. The van der Waals surface area contributed by atoms with Gasteiger partial charge >= 0.3 is 0 Å². The summed E-state index contributed by atoms with van der Waals surface area (Å²) >= 11 is 0. The molecule has 0 spiro atoms. The minimum Gasteiger partial charge on any atom is -0.459 e. The van der Waals surface area contributed by atoms with Crippen LogP contribution in [0.1, 0.15) is 66.2 Å². The van der Waals surface area contributed by atoms with Crippen LogP contribution in [0.5, 0.6) is 0 Å². The molecule has 156 valence electrons. The van der Waals surface area contributed by atoms with Gasteiger partial charge in [-0.15, -0.1) is 0 Å². The first-order chi connectivity index (χ1) is 14.2. The third kappa shape index (κ3) is 3.84. The molecule has 0 radical (unpaired) electrons. The summed E-state index contributed by atoms with van der Waals surface area (Å²) in [6.07, 6.45) is 6.58. The average molecular weight is 404 g/mol. The predicted molar refractivity (Wildman–Crippen MR) is 118 cm³/mol. The fourth-order valence-electron chi connectivity index (χ4n) is 4.21. The van der Waals surface area contributed by atoms with Crippen molar-refractivity contribution in [1.82, 2.24) is 15.1 Å². The maximum atomic E-state index is 12.3. The molecule has 0 fully saturated rings. The standard InChI is InChI=1S/C25H29N3O2/c1-16-23(18-8-11-20(15-18)26-24(29)22-7-6-14-30-22)17(2)28(27-16)21-12-9-19(10-13-21)25(3,4)5/h6-14,18,20H,15H2,1-5H3,(H,26,29). The molecule has 0 saturated heterocycles. The summed E-state index contributed by atoms with van der Waals surface area (Å²) < 4.78 is 7.21. The van der Waals surface area contributed by atoms with E-state index in [1.807, 2.05) is 4.68 Å². The van der Waals surface area contributed by atoms with Gasteiger partial charge in [0.15, 0.2) is 5.76 Å². The first-order valence-electron chi connectivity index (χ1n) is 10.4. The zero-order valence-corrected chi connectivity index (χ0v) is 18.3. The van der Waals surface area contributed by atoms with E-state index in [4.69, 9.17) is 9.52 Å². The Morgan fingerprint density at radius 1 is 1.13 bits per heavy atom. The number of allylic oxidation sites excluding steroid dienone is 1. The topological polar surface area (TPSA) is 60.1 Å². The molecular formula is C25H29N3O2. The van der Waals surface area contributed by atoms with Gasteiger partial charge in [-0.05, 0) is 55.5 Å². The third-order valence-electron chi connectivity index (χ3n) is 5.84. The molecule has 1 aromatic carbocycles. The molecule has 2 aromatic heterocycles. The number of nitrogens with zero attached hydrogens (tertiary/aromatic N) is 2. The number of furan rings is 1. The van der Waals surface area contributed by atoms with E-state index < -0.39 is 0 Å². The van der Waals surface area contributed by atoms with Crippen molar-refractivity contribution in [2.45, 2.75) is 58.4 Å². The van der Waals surface area contributed by atoms with Gasteiger partial charge in [-0.25, -0.2) is 4.68 Å². The van der Waals surface area contributed by atoms with Gasteiger partial charge in [-0.1, -0.05) is 45.1 Å². The summed E-state index contributed by atoms with van der Waals surface area (Å²) in [4.78, 5) is 12.3. The summed E-state index contributed by atoms with van der Waals surface area (Å²) in [5.41, 5.74) is 5.91. The van der Waals surface area contributed by atoms with Crippen molar-refractivity contribution in [2.24, 2.45) is 0 Å². The summed E-state index contributed by atoms with van der Waals surface area (Å²) in [7, 11) is 0. The molecule has 3 aromatic rings. The van der Waals surface area contributed by atoms with Crippen molar-refractivity contribution in [3.63, 3.8) is 0 Å². The van der Waals surface area contributed by atoms with Crippen LogP contribution in [0.2, 0.25) is 0 Å². The number of aromatic nitrogens is 2. The van der Waals surface area contributed by atoms with Crippen LogP contribution < -0.4 is 5.32 Å². The highest BCUT2D eigenvalue weighted by molar-refractivity contribution is 5.91. The molecule has 2 unspecified atom stereocenters. The quantitative estimate of drug-likeness (QED) is 0.608. The number of rotatable bonds is 4. The maximum absolute atomic E-state index is 12.3. The van der Waals surface area contributed by atoms with Crippen molar-refractivity contribution in [2.75, 3.05) is 0 Å². The van der Waals surface area contributed by atoms with E-state index in [0.29, 0.717) is 5.76 Å². The molecule has 1 aliphatic rings. The molecule has 4 rings (SSSR count). The van der Waals surface area contributed by atoms with Crippen LogP contribution in [0.3, 0.4) is 0 Å². The first-order valence-corrected chi connectivity index (χ1v) is 10.4. The minimum absolute atomic E-state index is 0.0131. The Kier molecular flexibility index (Phi) is 5.14. The Balaban J connectivity index is 1.52. The lowest BCUT2D eigenvalue weighted by Gasteiger charge is -2.19. The molecule has 0 saturated carbocycles. The van der Waals surface area contributed by atoms with Gasteiger partial charge in [0.2, 0.25) is 0 Å². The summed E-state index contributed by atoms with van der Waals surface area (Å²) in [6.45, 7) is 10.8. The minimum atomic E-state index is -0.182. The highest BCUT2D eigenvalue weighted by Crippen LogP contribution is 2.34. The molecular weight excluding hydrogens is 374 g/mol. The molecule has 0 bridgehead atoms. The third-order valence-corrected chi connectivity index (χ3v) is 5.84. The zero-order chi connectivity index (χ0) is 21.5. The molecule has 5 nitrogen and oxygen atoms in total. The van der Waals surface area contributed by atoms with Crippen LogP contribution in [0.25, 0.3) is 5.69 Å². The van der Waals surface area contributed by atoms with Gasteiger partial charge in [-0.3, -0.25) is 4.79 Å². The zero-order valence-electron chi connectivity index (χ0n) is 18.3. The van der Waals surface area contributed by atoms with E-state index >= 15 is 0 Å². The number of nitrogens with one attached hydrogen (secondary N) is 1. The number of hydrogen-bond acceptors (Lipinski definition) is 3. The Morgan fingerprint density at radius 3 is 2.50 bits per heavy atom. The van der Waals surface area contributed by atoms with E-state index in [9.17, 15) is 4.79 Å². The molecule has 5 heteroatoms. The Morgan fingerprint density at radius 2 is 1.87 bits per heavy atom. The SMILES string of the molecule is Cc1nn(-c2ccc(C(C)(C)C)cc2)c(C)c1C1C=CC(NC(=O)c2ccco2)C1. The van der Waals surface area contributed by atoms with E-state index in [2.05, 4.69) is 76.4 Å². The fraction of sp³-hybridized carbons (Fsp3) is 0.360. The van der Waals surface area contributed by atoms with Crippen LogP contribution in [-0.2, 0) is 5.41 Å². The van der Waals surface area contributed by atoms with Crippen LogP contribution in [0.4, 0.5) is 0 Å². The smallest absolute Gasteiger partial charge is 0.287 e. The highest BCUT2D eigenvalue weighted by atomic mass is 16.3. The molecule has 1 amide bonds. The van der Waals surface area contributed by atoms with Gasteiger partial charge in [0, 0.05) is 23.2 Å². The second-order valence-electron chi connectivity index (χ2n) is 9.08. The van der Waals surface area contributed by atoms with Crippen LogP contribution in [-0.4, -0.2) is 21.7 Å². The molecule has 30 heavy (non-hydrogen) atoms. The normalized spacial score (nSPS) is 18.7. The Bertz CT molecular complexity index is 1070. The van der Waals surface area contributed by atoms with Gasteiger partial charge in [0.25, 0.3) is 5.91 Å². The number of benzene rings is 1. The maximum Gasteiger partial charge on any atom is 0.287 e. The van der Waals surface area contributed by atoms with E-state index in [1.54, 1.807) is 12.1 Å². The number of amides is 1. The summed E-state index contributed by atoms with van der Waals surface area (Å²) in [6, 6.07) is 12.0. The van der Waals surface area contributed by atoms with Crippen LogP contribution in [0.15, 0.2) is 59.2 Å². The number of aryl methyl sites for hydroxylation is 1. The lowest BCUT2D eigenvalue weighted by Crippen LogP contribution is -2.32. The molecule has 0 aliphatic heterocycles. The van der Waals surface area contributed by atoms with E-state index in [-0.39, 0.29) is 23.3 Å². The summed E-state index contributed by atoms with van der Waals surface area (Å²) in [5, 5.41) is 7.86. The highest BCUT2D eigenvalue weighted by Gasteiger charge is 2.27. The number of carbonyl (C=O) groups is 1.